The maximum atomic E-state index is 11.9. The third-order valence-corrected chi connectivity index (χ3v) is 3.80. The molecule has 1 amide bonds. The average molecular weight is 300 g/mol. The van der Waals surface area contributed by atoms with Crippen molar-refractivity contribution in [2.24, 2.45) is 0 Å². The summed E-state index contributed by atoms with van der Waals surface area (Å²) in [6.45, 7) is 5.13. The minimum atomic E-state index is 0.252. The lowest BCUT2D eigenvalue weighted by Crippen LogP contribution is -2.49. The molecule has 7 nitrogen and oxygen atoms in total. The summed E-state index contributed by atoms with van der Waals surface area (Å²) in [7, 11) is 0. The SMILES string of the molecule is CCCC(=O)N1CCN(c2ccc(-n3cccn3)nn2)CC1. The Morgan fingerprint density at radius 1 is 1.14 bits per heavy atom. The quantitative estimate of drug-likeness (QED) is 0.846. The lowest BCUT2D eigenvalue weighted by molar-refractivity contribution is -0.131. The zero-order valence-corrected chi connectivity index (χ0v) is 12.7. The van der Waals surface area contributed by atoms with Crippen LogP contribution in [0.2, 0.25) is 0 Å². The monoisotopic (exact) mass is 300 g/mol. The second-order valence-corrected chi connectivity index (χ2v) is 5.32. The highest BCUT2D eigenvalue weighted by Crippen LogP contribution is 2.14. The number of carbonyl (C=O) groups is 1. The molecule has 0 N–H and O–H groups in total. The third kappa shape index (κ3) is 3.08. The molecule has 2 aromatic heterocycles. The molecule has 7 heteroatoms. The molecular formula is C15H20N6O. The molecule has 22 heavy (non-hydrogen) atoms. The van der Waals surface area contributed by atoms with E-state index in [4.69, 9.17) is 0 Å². The molecule has 3 rings (SSSR count). The number of aromatic nitrogens is 4. The van der Waals surface area contributed by atoms with E-state index in [0.29, 0.717) is 12.2 Å². The standard InChI is InChI=1S/C15H20N6O/c1-2-4-15(22)20-11-9-19(10-12-20)13-5-6-14(18-17-13)21-8-3-7-16-21/h3,5-8H,2,4,9-12H2,1H3. The van der Waals surface area contributed by atoms with Gasteiger partial charge in [0.15, 0.2) is 11.6 Å². The molecule has 1 saturated heterocycles. The summed E-state index contributed by atoms with van der Waals surface area (Å²) in [5, 5.41) is 12.6. The molecule has 0 atom stereocenters. The van der Waals surface area contributed by atoms with Crippen molar-refractivity contribution in [2.45, 2.75) is 19.8 Å². The van der Waals surface area contributed by atoms with Crippen molar-refractivity contribution in [3.63, 3.8) is 0 Å². The first-order chi connectivity index (χ1) is 10.8. The van der Waals surface area contributed by atoms with Gasteiger partial charge in [0.25, 0.3) is 0 Å². The van der Waals surface area contributed by atoms with Gasteiger partial charge in [-0.2, -0.15) is 5.10 Å². The van der Waals surface area contributed by atoms with Gasteiger partial charge in [-0.25, -0.2) is 4.68 Å². The number of amides is 1. The lowest BCUT2D eigenvalue weighted by atomic mass is 10.2. The van der Waals surface area contributed by atoms with Crippen molar-refractivity contribution in [3.8, 4) is 5.82 Å². The van der Waals surface area contributed by atoms with Gasteiger partial charge in [0, 0.05) is 45.0 Å². The molecular weight excluding hydrogens is 280 g/mol. The van der Waals surface area contributed by atoms with Gasteiger partial charge in [0.2, 0.25) is 5.91 Å². The Morgan fingerprint density at radius 3 is 2.45 bits per heavy atom. The summed E-state index contributed by atoms with van der Waals surface area (Å²) in [4.78, 5) is 16.0. The Kier molecular flexibility index (Phi) is 4.32. The van der Waals surface area contributed by atoms with Gasteiger partial charge in [-0.15, -0.1) is 10.2 Å². The Morgan fingerprint density at radius 2 is 1.86 bits per heavy atom. The highest BCUT2D eigenvalue weighted by atomic mass is 16.2. The molecule has 0 spiro atoms. The van der Waals surface area contributed by atoms with Crippen LogP contribution in [0, 0.1) is 0 Å². The van der Waals surface area contributed by atoms with E-state index in [-0.39, 0.29) is 5.91 Å². The number of anilines is 1. The van der Waals surface area contributed by atoms with Gasteiger partial charge in [-0.1, -0.05) is 6.92 Å². The number of nitrogens with zero attached hydrogens (tertiary/aromatic N) is 6. The van der Waals surface area contributed by atoms with E-state index < -0.39 is 0 Å². The van der Waals surface area contributed by atoms with Crippen LogP contribution in [0.4, 0.5) is 5.82 Å². The van der Waals surface area contributed by atoms with Crippen LogP contribution in [-0.2, 0) is 4.79 Å². The minimum Gasteiger partial charge on any atom is -0.352 e. The molecule has 0 aromatic carbocycles. The second-order valence-electron chi connectivity index (χ2n) is 5.32. The number of rotatable bonds is 4. The Hall–Kier alpha value is -2.44. The van der Waals surface area contributed by atoms with E-state index in [0.717, 1.165) is 38.4 Å². The van der Waals surface area contributed by atoms with E-state index in [2.05, 4.69) is 20.2 Å². The minimum absolute atomic E-state index is 0.252. The van der Waals surface area contributed by atoms with Crippen LogP contribution < -0.4 is 4.90 Å². The first-order valence-corrected chi connectivity index (χ1v) is 7.64. The summed E-state index contributed by atoms with van der Waals surface area (Å²) in [6, 6.07) is 5.71. The van der Waals surface area contributed by atoms with Crippen molar-refractivity contribution in [1.82, 2.24) is 24.9 Å². The Bertz CT molecular complexity index is 601. The third-order valence-electron chi connectivity index (χ3n) is 3.80. The zero-order chi connectivity index (χ0) is 15.4. The first-order valence-electron chi connectivity index (χ1n) is 7.64. The molecule has 1 aliphatic heterocycles. The second kappa shape index (κ2) is 6.55. The molecule has 0 aliphatic carbocycles. The van der Waals surface area contributed by atoms with Crippen molar-refractivity contribution in [2.75, 3.05) is 31.1 Å². The summed E-state index contributed by atoms with van der Waals surface area (Å²) in [5.41, 5.74) is 0. The smallest absolute Gasteiger partial charge is 0.222 e. The lowest BCUT2D eigenvalue weighted by Gasteiger charge is -2.35. The summed E-state index contributed by atoms with van der Waals surface area (Å²) in [5.74, 6) is 1.80. The molecule has 116 valence electrons. The van der Waals surface area contributed by atoms with Gasteiger partial charge in [-0.05, 0) is 24.6 Å². The normalized spacial score (nSPS) is 15.1. The van der Waals surface area contributed by atoms with Crippen LogP contribution in [0.3, 0.4) is 0 Å². The van der Waals surface area contributed by atoms with Gasteiger partial charge < -0.3 is 9.80 Å². The van der Waals surface area contributed by atoms with Crippen LogP contribution >= 0.6 is 0 Å². The van der Waals surface area contributed by atoms with Crippen molar-refractivity contribution < 1.29 is 4.79 Å². The maximum Gasteiger partial charge on any atom is 0.222 e. The first kappa shape index (κ1) is 14.5. The van der Waals surface area contributed by atoms with Gasteiger partial charge >= 0.3 is 0 Å². The number of hydrogen-bond acceptors (Lipinski definition) is 5. The van der Waals surface area contributed by atoms with E-state index in [1.165, 1.54) is 0 Å². The number of hydrogen-bond donors (Lipinski definition) is 0. The zero-order valence-electron chi connectivity index (χ0n) is 12.7. The summed E-state index contributed by atoms with van der Waals surface area (Å²) < 4.78 is 1.68. The largest absolute Gasteiger partial charge is 0.352 e. The van der Waals surface area contributed by atoms with Crippen molar-refractivity contribution in [1.29, 1.82) is 0 Å². The fourth-order valence-electron chi connectivity index (χ4n) is 2.57. The van der Waals surface area contributed by atoms with E-state index >= 15 is 0 Å². The van der Waals surface area contributed by atoms with Gasteiger partial charge in [0.05, 0.1) is 0 Å². The molecule has 0 unspecified atom stereocenters. The van der Waals surface area contributed by atoms with Crippen LogP contribution in [0.1, 0.15) is 19.8 Å². The van der Waals surface area contributed by atoms with Crippen LogP contribution in [0.15, 0.2) is 30.6 Å². The Labute approximate surface area is 129 Å². The van der Waals surface area contributed by atoms with E-state index in [1.807, 2.05) is 36.2 Å². The average Bonchev–Trinajstić information content (AvgIpc) is 3.10. The summed E-state index contributed by atoms with van der Waals surface area (Å²) >= 11 is 0. The van der Waals surface area contributed by atoms with E-state index in [1.54, 1.807) is 10.9 Å². The maximum absolute atomic E-state index is 11.9. The molecule has 2 aromatic rings. The van der Waals surface area contributed by atoms with E-state index in [9.17, 15) is 4.79 Å². The fraction of sp³-hybridized carbons (Fsp3) is 0.467. The van der Waals surface area contributed by atoms with Crippen LogP contribution in [-0.4, -0.2) is 57.0 Å². The van der Waals surface area contributed by atoms with Gasteiger partial charge in [0.1, 0.15) is 0 Å². The highest BCUT2D eigenvalue weighted by molar-refractivity contribution is 5.76. The molecule has 0 saturated carbocycles. The van der Waals surface area contributed by atoms with Crippen LogP contribution in [0.5, 0.6) is 0 Å². The topological polar surface area (TPSA) is 67.2 Å². The Balaban J connectivity index is 1.61. The summed E-state index contributed by atoms with van der Waals surface area (Å²) in [6.07, 6.45) is 5.09. The molecule has 0 bridgehead atoms. The molecule has 1 aliphatic rings. The van der Waals surface area contributed by atoms with Crippen molar-refractivity contribution >= 4 is 11.7 Å². The van der Waals surface area contributed by atoms with Crippen LogP contribution in [0.25, 0.3) is 5.82 Å². The number of piperazine rings is 1. The predicted octanol–water partition coefficient (Wildman–Crippen LogP) is 1.11. The molecule has 3 heterocycles. The van der Waals surface area contributed by atoms with Gasteiger partial charge in [-0.3, -0.25) is 4.79 Å². The molecule has 1 fully saturated rings. The highest BCUT2D eigenvalue weighted by Gasteiger charge is 2.21. The predicted molar refractivity (Wildman–Crippen MR) is 82.9 cm³/mol. The molecule has 0 radical (unpaired) electrons. The number of carbonyl (C=O) groups excluding carboxylic acids is 1. The van der Waals surface area contributed by atoms with Crippen molar-refractivity contribution in [3.05, 3.63) is 30.6 Å². The fourth-order valence-corrected chi connectivity index (χ4v) is 2.57.